The van der Waals surface area contributed by atoms with Gasteiger partial charge < -0.3 is 10.8 Å². The normalized spacial score (nSPS) is 14.5. The molecule has 0 amide bonds. The number of halogens is 2. The van der Waals surface area contributed by atoms with Crippen LogP contribution in [0.3, 0.4) is 0 Å². The van der Waals surface area contributed by atoms with E-state index in [0.717, 1.165) is 12.1 Å². The molecule has 0 aliphatic carbocycles. The lowest BCUT2D eigenvalue weighted by Gasteiger charge is -2.22. The molecule has 0 aliphatic heterocycles. The first kappa shape index (κ1) is 12.9. The van der Waals surface area contributed by atoms with Crippen LogP contribution < -0.4 is 5.73 Å². The van der Waals surface area contributed by atoms with Crippen molar-refractivity contribution in [3.63, 3.8) is 0 Å². The number of carboxylic acids is 1. The van der Waals surface area contributed by atoms with Gasteiger partial charge in [-0.15, -0.1) is 0 Å². The van der Waals surface area contributed by atoms with Crippen molar-refractivity contribution < 1.29 is 18.7 Å². The molecule has 1 aromatic carbocycles. The van der Waals surface area contributed by atoms with Gasteiger partial charge in [0.1, 0.15) is 17.2 Å². The molecule has 0 bridgehead atoms. The SMILES string of the molecule is N[C@](CS)(Cc1cc(F)cc(F)c1)C(=O)O. The molecule has 0 fully saturated rings. The second-order valence-electron chi connectivity index (χ2n) is 3.57. The van der Waals surface area contributed by atoms with Crippen molar-refractivity contribution in [2.75, 3.05) is 5.75 Å². The fourth-order valence-corrected chi connectivity index (χ4v) is 1.52. The first-order valence-electron chi connectivity index (χ1n) is 4.45. The second kappa shape index (κ2) is 4.80. The van der Waals surface area contributed by atoms with E-state index in [0.29, 0.717) is 6.07 Å². The molecule has 0 radical (unpaired) electrons. The molecule has 0 heterocycles. The molecule has 0 unspecified atom stereocenters. The molecule has 0 saturated carbocycles. The molecule has 0 saturated heterocycles. The van der Waals surface area contributed by atoms with Crippen molar-refractivity contribution in [3.8, 4) is 0 Å². The smallest absolute Gasteiger partial charge is 0.324 e. The van der Waals surface area contributed by atoms with Gasteiger partial charge >= 0.3 is 5.97 Å². The van der Waals surface area contributed by atoms with Gasteiger partial charge in [0.05, 0.1) is 0 Å². The van der Waals surface area contributed by atoms with Crippen LogP contribution in [-0.2, 0) is 11.2 Å². The van der Waals surface area contributed by atoms with Gasteiger partial charge in [-0.25, -0.2) is 8.78 Å². The summed E-state index contributed by atoms with van der Waals surface area (Å²) in [5, 5.41) is 8.87. The molecule has 1 aromatic rings. The predicted molar refractivity (Wildman–Crippen MR) is 58.5 cm³/mol. The Morgan fingerprint density at radius 3 is 2.25 bits per heavy atom. The number of hydrogen-bond donors (Lipinski definition) is 3. The quantitative estimate of drug-likeness (QED) is 0.701. The maximum atomic E-state index is 12.9. The van der Waals surface area contributed by atoms with Gasteiger partial charge in [0.2, 0.25) is 0 Å². The Hall–Kier alpha value is -1.14. The largest absolute Gasteiger partial charge is 0.480 e. The van der Waals surface area contributed by atoms with E-state index in [1.165, 1.54) is 0 Å². The summed E-state index contributed by atoms with van der Waals surface area (Å²) in [6.45, 7) is 0. The molecular formula is C10H11F2NO2S. The third kappa shape index (κ3) is 2.93. The number of benzene rings is 1. The van der Waals surface area contributed by atoms with Crippen LogP contribution in [0.15, 0.2) is 18.2 Å². The van der Waals surface area contributed by atoms with Crippen LogP contribution in [0.1, 0.15) is 5.56 Å². The summed E-state index contributed by atoms with van der Waals surface area (Å²) < 4.78 is 25.7. The number of hydrogen-bond acceptors (Lipinski definition) is 3. The lowest BCUT2D eigenvalue weighted by molar-refractivity contribution is -0.142. The number of thiol groups is 1. The molecule has 88 valence electrons. The van der Waals surface area contributed by atoms with E-state index in [-0.39, 0.29) is 17.7 Å². The van der Waals surface area contributed by atoms with E-state index < -0.39 is 23.1 Å². The number of aliphatic carboxylic acids is 1. The Balaban J connectivity index is 2.99. The zero-order valence-corrected chi connectivity index (χ0v) is 9.18. The number of nitrogens with two attached hydrogens (primary N) is 1. The number of carboxylic acid groups (broad SMARTS) is 1. The van der Waals surface area contributed by atoms with E-state index in [1.807, 2.05) is 0 Å². The third-order valence-electron chi connectivity index (χ3n) is 2.15. The van der Waals surface area contributed by atoms with Gasteiger partial charge in [-0.1, -0.05) is 0 Å². The maximum Gasteiger partial charge on any atom is 0.324 e. The third-order valence-corrected chi connectivity index (χ3v) is 2.71. The van der Waals surface area contributed by atoms with Crippen LogP contribution in [0.4, 0.5) is 8.78 Å². The topological polar surface area (TPSA) is 63.3 Å². The van der Waals surface area contributed by atoms with Crippen molar-refractivity contribution in [1.29, 1.82) is 0 Å². The summed E-state index contributed by atoms with van der Waals surface area (Å²) >= 11 is 3.83. The van der Waals surface area contributed by atoms with Gasteiger partial charge in [-0.05, 0) is 17.7 Å². The summed E-state index contributed by atoms with van der Waals surface area (Å²) in [4.78, 5) is 10.9. The highest BCUT2D eigenvalue weighted by Crippen LogP contribution is 2.16. The lowest BCUT2D eigenvalue weighted by atomic mass is 9.94. The zero-order valence-electron chi connectivity index (χ0n) is 8.28. The predicted octanol–water partition coefficient (Wildman–Crippen LogP) is 1.22. The van der Waals surface area contributed by atoms with Gasteiger partial charge in [0.25, 0.3) is 0 Å². The first-order chi connectivity index (χ1) is 7.37. The second-order valence-corrected chi connectivity index (χ2v) is 3.89. The summed E-state index contributed by atoms with van der Waals surface area (Å²) in [5.74, 6) is -2.91. The van der Waals surface area contributed by atoms with E-state index >= 15 is 0 Å². The molecule has 1 atom stereocenters. The first-order valence-corrected chi connectivity index (χ1v) is 5.09. The van der Waals surface area contributed by atoms with E-state index in [1.54, 1.807) is 0 Å². The van der Waals surface area contributed by atoms with Crippen molar-refractivity contribution in [2.45, 2.75) is 12.0 Å². The molecule has 0 spiro atoms. The Bertz CT molecular complexity index is 394. The molecule has 0 aliphatic rings. The van der Waals surface area contributed by atoms with Crippen molar-refractivity contribution >= 4 is 18.6 Å². The molecule has 3 N–H and O–H groups in total. The van der Waals surface area contributed by atoms with Crippen LogP contribution in [0.5, 0.6) is 0 Å². The van der Waals surface area contributed by atoms with E-state index in [9.17, 15) is 13.6 Å². The zero-order chi connectivity index (χ0) is 12.3. The summed E-state index contributed by atoms with van der Waals surface area (Å²) in [6, 6.07) is 2.82. The highest BCUT2D eigenvalue weighted by molar-refractivity contribution is 7.80. The minimum absolute atomic E-state index is 0.125. The maximum absolute atomic E-state index is 12.9. The van der Waals surface area contributed by atoms with Gasteiger partial charge in [-0.2, -0.15) is 12.6 Å². The van der Waals surface area contributed by atoms with Crippen LogP contribution in [0, 0.1) is 11.6 Å². The highest BCUT2D eigenvalue weighted by Gasteiger charge is 2.32. The monoisotopic (exact) mass is 247 g/mol. The van der Waals surface area contributed by atoms with Crippen LogP contribution in [-0.4, -0.2) is 22.4 Å². The number of rotatable bonds is 4. The fraction of sp³-hybridized carbons (Fsp3) is 0.300. The van der Waals surface area contributed by atoms with Crippen LogP contribution >= 0.6 is 12.6 Å². The summed E-state index contributed by atoms with van der Waals surface area (Å²) in [7, 11) is 0. The molecule has 16 heavy (non-hydrogen) atoms. The molecule has 6 heteroatoms. The van der Waals surface area contributed by atoms with Gasteiger partial charge in [-0.3, -0.25) is 4.79 Å². The Labute approximate surface area is 96.7 Å². The van der Waals surface area contributed by atoms with E-state index in [4.69, 9.17) is 10.8 Å². The Kier molecular flexibility index (Phi) is 3.88. The molecular weight excluding hydrogens is 236 g/mol. The average Bonchev–Trinajstić information content (AvgIpc) is 2.15. The average molecular weight is 247 g/mol. The fourth-order valence-electron chi connectivity index (χ4n) is 1.28. The van der Waals surface area contributed by atoms with Crippen LogP contribution in [0.2, 0.25) is 0 Å². The van der Waals surface area contributed by atoms with Gasteiger partial charge in [0.15, 0.2) is 0 Å². The van der Waals surface area contributed by atoms with Crippen molar-refractivity contribution in [1.82, 2.24) is 0 Å². The van der Waals surface area contributed by atoms with Crippen molar-refractivity contribution in [2.24, 2.45) is 5.73 Å². The van der Waals surface area contributed by atoms with E-state index in [2.05, 4.69) is 12.6 Å². The molecule has 1 rings (SSSR count). The Morgan fingerprint density at radius 1 is 1.38 bits per heavy atom. The highest BCUT2D eigenvalue weighted by atomic mass is 32.1. The lowest BCUT2D eigenvalue weighted by Crippen LogP contribution is -2.51. The van der Waals surface area contributed by atoms with Gasteiger partial charge in [0, 0.05) is 18.2 Å². The minimum atomic E-state index is -1.62. The molecule has 3 nitrogen and oxygen atoms in total. The molecule has 0 aromatic heterocycles. The summed E-state index contributed by atoms with van der Waals surface area (Å²) in [6.07, 6.45) is -0.180. The standard InChI is InChI=1S/C10H11F2NO2S/c11-7-1-6(2-8(12)3-7)4-10(13,5-16)9(14)15/h1-3,16H,4-5,13H2,(H,14,15)/t10-/m0/s1. The van der Waals surface area contributed by atoms with Crippen LogP contribution in [0.25, 0.3) is 0 Å². The Morgan fingerprint density at radius 2 is 1.88 bits per heavy atom. The number of carbonyl (C=O) groups is 1. The summed E-state index contributed by atoms with van der Waals surface area (Å²) in [5.41, 5.74) is 4.12. The van der Waals surface area contributed by atoms with Crippen molar-refractivity contribution in [3.05, 3.63) is 35.4 Å². The minimum Gasteiger partial charge on any atom is -0.480 e.